The lowest BCUT2D eigenvalue weighted by Crippen LogP contribution is -2.46. The van der Waals surface area contributed by atoms with Gasteiger partial charge in [-0.3, -0.25) is 9.69 Å². The van der Waals surface area contributed by atoms with Gasteiger partial charge in [-0.05, 0) is 24.3 Å². The summed E-state index contributed by atoms with van der Waals surface area (Å²) in [5.41, 5.74) is 1.95. The molecular formula is C20H19FN2O2. The maximum atomic E-state index is 13.9. The zero-order valence-corrected chi connectivity index (χ0v) is 13.8. The fourth-order valence-corrected chi connectivity index (χ4v) is 3.32. The van der Waals surface area contributed by atoms with E-state index in [0.717, 1.165) is 26.2 Å². The molecule has 4 nitrogen and oxygen atoms in total. The number of anilines is 1. The van der Waals surface area contributed by atoms with Gasteiger partial charge >= 0.3 is 0 Å². The second-order valence-electron chi connectivity index (χ2n) is 6.30. The molecule has 0 spiro atoms. The van der Waals surface area contributed by atoms with Gasteiger partial charge in [0.2, 0.25) is 0 Å². The molecule has 0 saturated carbocycles. The average molecular weight is 338 g/mol. The van der Waals surface area contributed by atoms with Crippen molar-refractivity contribution in [3.63, 3.8) is 0 Å². The number of piperazine rings is 1. The lowest BCUT2D eigenvalue weighted by Gasteiger charge is -2.36. The summed E-state index contributed by atoms with van der Waals surface area (Å²) in [7, 11) is 0. The summed E-state index contributed by atoms with van der Waals surface area (Å²) >= 11 is 0. The van der Waals surface area contributed by atoms with Crippen molar-refractivity contribution in [2.75, 3.05) is 31.1 Å². The third-order valence-corrected chi connectivity index (χ3v) is 4.71. The highest BCUT2D eigenvalue weighted by Crippen LogP contribution is 2.20. The van der Waals surface area contributed by atoms with Crippen molar-refractivity contribution in [2.24, 2.45) is 0 Å². The van der Waals surface area contributed by atoms with Gasteiger partial charge in [0.1, 0.15) is 11.4 Å². The van der Waals surface area contributed by atoms with Crippen molar-refractivity contribution in [1.29, 1.82) is 0 Å². The monoisotopic (exact) mass is 338 g/mol. The number of halogens is 1. The third kappa shape index (κ3) is 3.15. The predicted molar refractivity (Wildman–Crippen MR) is 96.4 cm³/mol. The lowest BCUT2D eigenvalue weighted by atomic mass is 10.1. The van der Waals surface area contributed by atoms with E-state index in [1.807, 2.05) is 24.3 Å². The number of hydrogen-bond donors (Lipinski definition) is 0. The fourth-order valence-electron chi connectivity index (χ4n) is 3.32. The predicted octanol–water partition coefficient (Wildman–Crippen LogP) is 3.25. The molecule has 128 valence electrons. The smallest absolute Gasteiger partial charge is 0.197 e. The second kappa shape index (κ2) is 6.69. The van der Waals surface area contributed by atoms with Crippen LogP contribution in [0, 0.1) is 5.82 Å². The highest BCUT2D eigenvalue weighted by molar-refractivity contribution is 5.76. The van der Waals surface area contributed by atoms with Crippen LogP contribution >= 0.6 is 0 Å². The maximum absolute atomic E-state index is 13.9. The Balaban J connectivity index is 1.46. The van der Waals surface area contributed by atoms with Crippen LogP contribution in [0.15, 0.2) is 64.0 Å². The summed E-state index contributed by atoms with van der Waals surface area (Å²) in [6.45, 7) is 3.58. The van der Waals surface area contributed by atoms with Crippen LogP contribution in [0.25, 0.3) is 11.0 Å². The van der Waals surface area contributed by atoms with E-state index in [0.29, 0.717) is 28.8 Å². The van der Waals surface area contributed by atoms with Gasteiger partial charge < -0.3 is 9.32 Å². The van der Waals surface area contributed by atoms with Gasteiger partial charge in [0.05, 0.1) is 17.3 Å². The average Bonchev–Trinajstić information content (AvgIpc) is 2.65. The molecule has 4 rings (SSSR count). The first-order valence-corrected chi connectivity index (χ1v) is 8.43. The molecule has 0 atom stereocenters. The molecule has 0 radical (unpaired) electrons. The maximum Gasteiger partial charge on any atom is 0.197 e. The van der Waals surface area contributed by atoms with E-state index in [2.05, 4.69) is 9.80 Å². The van der Waals surface area contributed by atoms with Crippen molar-refractivity contribution in [2.45, 2.75) is 6.54 Å². The van der Waals surface area contributed by atoms with Crippen LogP contribution in [0.2, 0.25) is 0 Å². The molecular weight excluding hydrogens is 319 g/mol. The van der Waals surface area contributed by atoms with Crippen LogP contribution in [0.5, 0.6) is 0 Å². The molecule has 0 amide bonds. The van der Waals surface area contributed by atoms with Gasteiger partial charge in [-0.15, -0.1) is 0 Å². The molecule has 3 aromatic rings. The molecule has 0 bridgehead atoms. The van der Waals surface area contributed by atoms with Crippen LogP contribution in [-0.2, 0) is 6.54 Å². The molecule has 1 aliphatic rings. The first-order chi connectivity index (χ1) is 12.2. The van der Waals surface area contributed by atoms with Crippen molar-refractivity contribution < 1.29 is 8.81 Å². The quantitative estimate of drug-likeness (QED) is 0.735. The Hall–Kier alpha value is -2.66. The van der Waals surface area contributed by atoms with E-state index < -0.39 is 0 Å². The molecule has 2 aromatic carbocycles. The highest BCUT2D eigenvalue weighted by Gasteiger charge is 2.20. The number of rotatable bonds is 3. The molecule has 1 fully saturated rings. The van der Waals surface area contributed by atoms with Gasteiger partial charge in [-0.2, -0.15) is 0 Å². The summed E-state index contributed by atoms with van der Waals surface area (Å²) in [5.74, 6) is -0.189. The number of fused-ring (bicyclic) bond motifs is 1. The largest absolute Gasteiger partial charge is 0.464 e. The molecule has 25 heavy (non-hydrogen) atoms. The van der Waals surface area contributed by atoms with Gasteiger partial charge in [0, 0.05) is 38.3 Å². The number of hydrogen-bond acceptors (Lipinski definition) is 4. The highest BCUT2D eigenvalue weighted by atomic mass is 19.1. The molecule has 0 unspecified atom stereocenters. The lowest BCUT2D eigenvalue weighted by molar-refractivity contribution is 0.247. The van der Waals surface area contributed by atoms with Crippen molar-refractivity contribution in [1.82, 2.24) is 4.90 Å². The summed E-state index contributed by atoms with van der Waals surface area (Å²) < 4.78 is 19.5. The third-order valence-electron chi connectivity index (χ3n) is 4.71. The van der Waals surface area contributed by atoms with Gasteiger partial charge in [-0.25, -0.2) is 4.39 Å². The van der Waals surface area contributed by atoms with Crippen LogP contribution in [0.4, 0.5) is 10.1 Å². The topological polar surface area (TPSA) is 36.7 Å². The van der Waals surface area contributed by atoms with E-state index in [1.54, 1.807) is 24.5 Å². The van der Waals surface area contributed by atoms with Crippen LogP contribution in [0.1, 0.15) is 5.56 Å². The van der Waals surface area contributed by atoms with E-state index in [9.17, 15) is 9.18 Å². The Morgan fingerprint density at radius 2 is 1.68 bits per heavy atom. The number of para-hydroxylation sites is 2. The van der Waals surface area contributed by atoms with Gasteiger partial charge in [0.25, 0.3) is 0 Å². The van der Waals surface area contributed by atoms with E-state index >= 15 is 0 Å². The fraction of sp³-hybridized carbons (Fsp3) is 0.250. The Kier molecular flexibility index (Phi) is 4.24. The zero-order chi connectivity index (χ0) is 17.2. The van der Waals surface area contributed by atoms with Crippen molar-refractivity contribution in [3.8, 4) is 0 Å². The number of nitrogens with zero attached hydrogens (tertiary/aromatic N) is 2. The Morgan fingerprint density at radius 1 is 0.960 bits per heavy atom. The van der Waals surface area contributed by atoms with Gasteiger partial charge in [-0.1, -0.05) is 24.3 Å². The minimum Gasteiger partial charge on any atom is -0.464 e. The molecule has 1 aliphatic heterocycles. The molecule has 0 N–H and O–H groups in total. The normalized spacial score (nSPS) is 15.6. The minimum absolute atomic E-state index is 0.0263. The Morgan fingerprint density at radius 3 is 2.48 bits per heavy atom. The van der Waals surface area contributed by atoms with Crippen LogP contribution < -0.4 is 10.3 Å². The second-order valence-corrected chi connectivity index (χ2v) is 6.30. The Labute approximate surface area is 145 Å². The SMILES string of the molecule is O=c1c(CN2CCN(c3ccccc3F)CC2)coc2ccccc12. The summed E-state index contributed by atoms with van der Waals surface area (Å²) in [5, 5.41) is 0.616. The molecule has 1 saturated heterocycles. The van der Waals surface area contributed by atoms with Crippen molar-refractivity contribution >= 4 is 16.7 Å². The molecule has 5 heteroatoms. The van der Waals surface area contributed by atoms with Crippen LogP contribution in [0.3, 0.4) is 0 Å². The van der Waals surface area contributed by atoms with E-state index in [4.69, 9.17) is 4.42 Å². The summed E-state index contributed by atoms with van der Waals surface area (Å²) in [4.78, 5) is 16.8. The molecule has 1 aromatic heterocycles. The zero-order valence-electron chi connectivity index (χ0n) is 13.8. The minimum atomic E-state index is -0.189. The first-order valence-electron chi connectivity index (χ1n) is 8.43. The van der Waals surface area contributed by atoms with E-state index in [1.165, 1.54) is 6.07 Å². The van der Waals surface area contributed by atoms with Crippen LogP contribution in [-0.4, -0.2) is 31.1 Å². The molecule has 0 aliphatic carbocycles. The van der Waals surface area contributed by atoms with E-state index in [-0.39, 0.29) is 11.2 Å². The standard InChI is InChI=1S/C20H19FN2O2/c21-17-6-2-3-7-18(17)23-11-9-22(10-12-23)13-15-14-25-19-8-4-1-5-16(19)20(15)24/h1-8,14H,9-13H2. The van der Waals surface area contributed by atoms with Crippen molar-refractivity contribution in [3.05, 3.63) is 76.4 Å². The van der Waals surface area contributed by atoms with Gasteiger partial charge in [0.15, 0.2) is 5.43 Å². The number of benzene rings is 2. The summed E-state index contributed by atoms with van der Waals surface area (Å²) in [6.07, 6.45) is 1.56. The molecule has 2 heterocycles. The summed E-state index contributed by atoms with van der Waals surface area (Å²) in [6, 6.07) is 14.1. The Bertz CT molecular complexity index is 946. The first kappa shape index (κ1) is 15.8.